The van der Waals surface area contributed by atoms with Gasteiger partial charge in [0.25, 0.3) is 5.91 Å². The second kappa shape index (κ2) is 8.21. The van der Waals surface area contributed by atoms with Crippen LogP contribution < -0.4 is 5.32 Å². The van der Waals surface area contributed by atoms with Crippen molar-refractivity contribution in [1.82, 2.24) is 4.90 Å². The Morgan fingerprint density at radius 1 is 1.00 bits per heavy atom. The van der Waals surface area contributed by atoms with Gasteiger partial charge < -0.3 is 10.2 Å². The quantitative estimate of drug-likeness (QED) is 0.880. The highest BCUT2D eigenvalue weighted by atomic mass is 19.1. The Morgan fingerprint density at radius 2 is 1.68 bits per heavy atom. The van der Waals surface area contributed by atoms with Gasteiger partial charge in [0.1, 0.15) is 17.2 Å². The molecular formula is C20H22F2N2O. The zero-order chi connectivity index (χ0) is 17.6. The minimum absolute atomic E-state index is 0.545. The lowest BCUT2D eigenvalue weighted by Crippen LogP contribution is -2.31. The molecule has 1 saturated heterocycles. The molecule has 0 unspecified atom stereocenters. The van der Waals surface area contributed by atoms with Gasteiger partial charge in [0.15, 0.2) is 0 Å². The van der Waals surface area contributed by atoms with E-state index in [-0.39, 0.29) is 0 Å². The first-order valence-electron chi connectivity index (χ1n) is 8.70. The second-order valence-electron chi connectivity index (χ2n) is 6.40. The summed E-state index contributed by atoms with van der Waals surface area (Å²) in [6.07, 6.45) is 4.71. The molecule has 0 atom stereocenters. The summed E-state index contributed by atoms with van der Waals surface area (Å²) in [5.74, 6) is -2.50. The number of halogens is 2. The van der Waals surface area contributed by atoms with E-state index >= 15 is 0 Å². The summed E-state index contributed by atoms with van der Waals surface area (Å²) in [7, 11) is 0. The topological polar surface area (TPSA) is 32.3 Å². The predicted octanol–water partition coefficient (Wildman–Crippen LogP) is 4.25. The van der Waals surface area contributed by atoms with E-state index in [4.69, 9.17) is 0 Å². The number of nitrogens with one attached hydrogen (secondary N) is 1. The second-order valence-corrected chi connectivity index (χ2v) is 6.40. The highest BCUT2D eigenvalue weighted by molar-refractivity contribution is 6.04. The molecule has 0 bridgehead atoms. The normalized spacial score (nSPS) is 15.1. The molecule has 0 spiro atoms. The van der Waals surface area contributed by atoms with Crippen LogP contribution in [-0.4, -0.2) is 30.4 Å². The Hall–Kier alpha value is -2.27. The molecule has 0 aliphatic carbocycles. The Bertz CT molecular complexity index is 722. The Balaban J connectivity index is 1.64. The number of nitrogens with zero attached hydrogens (tertiary/aromatic N) is 1. The average Bonchev–Trinajstić information content (AvgIpc) is 2.61. The van der Waals surface area contributed by atoms with E-state index in [0.717, 1.165) is 43.8 Å². The van der Waals surface area contributed by atoms with Crippen molar-refractivity contribution in [3.8, 4) is 0 Å². The number of benzene rings is 2. The highest BCUT2D eigenvalue weighted by Gasteiger charge is 2.17. The van der Waals surface area contributed by atoms with Crippen molar-refractivity contribution in [2.75, 3.05) is 25.0 Å². The zero-order valence-corrected chi connectivity index (χ0v) is 14.1. The van der Waals surface area contributed by atoms with Crippen molar-refractivity contribution in [2.45, 2.75) is 25.7 Å². The van der Waals surface area contributed by atoms with Crippen molar-refractivity contribution in [1.29, 1.82) is 0 Å². The van der Waals surface area contributed by atoms with Gasteiger partial charge in [-0.2, -0.15) is 0 Å². The molecule has 3 nitrogen and oxygen atoms in total. The fourth-order valence-electron chi connectivity index (χ4n) is 3.18. The standard InChI is InChI=1S/C20H22F2N2O/c21-17-8-5-9-18(22)19(17)20(25)23-16-7-4-6-15(14-16)10-13-24-11-2-1-3-12-24/h4-9,14H,1-3,10-13H2,(H,23,25). The Morgan fingerprint density at radius 3 is 2.40 bits per heavy atom. The summed E-state index contributed by atoms with van der Waals surface area (Å²) in [6, 6.07) is 10.8. The van der Waals surface area contributed by atoms with E-state index in [1.165, 1.54) is 25.3 Å². The number of anilines is 1. The SMILES string of the molecule is O=C(Nc1cccc(CCN2CCCCC2)c1)c1c(F)cccc1F. The number of amides is 1. The molecule has 132 valence electrons. The maximum Gasteiger partial charge on any atom is 0.261 e. The van der Waals surface area contributed by atoms with E-state index in [9.17, 15) is 13.6 Å². The molecule has 3 rings (SSSR count). The third-order valence-corrected chi connectivity index (χ3v) is 4.54. The summed E-state index contributed by atoms with van der Waals surface area (Å²) in [4.78, 5) is 14.6. The van der Waals surface area contributed by atoms with Gasteiger partial charge in [-0.3, -0.25) is 4.79 Å². The van der Waals surface area contributed by atoms with Gasteiger partial charge in [0, 0.05) is 12.2 Å². The van der Waals surface area contributed by atoms with Gasteiger partial charge in [0.05, 0.1) is 0 Å². The average molecular weight is 344 g/mol. The molecule has 25 heavy (non-hydrogen) atoms. The minimum atomic E-state index is -0.862. The summed E-state index contributed by atoms with van der Waals surface area (Å²) >= 11 is 0. The van der Waals surface area contributed by atoms with Gasteiger partial charge in [-0.15, -0.1) is 0 Å². The summed E-state index contributed by atoms with van der Waals surface area (Å²) in [6.45, 7) is 3.27. The first-order valence-corrected chi connectivity index (χ1v) is 8.70. The monoisotopic (exact) mass is 344 g/mol. The lowest BCUT2D eigenvalue weighted by molar-refractivity contribution is 0.101. The van der Waals surface area contributed by atoms with Crippen LogP contribution in [0.4, 0.5) is 14.5 Å². The number of hydrogen-bond donors (Lipinski definition) is 1. The number of carbonyl (C=O) groups excluding carboxylic acids is 1. The summed E-state index contributed by atoms with van der Waals surface area (Å²) in [5.41, 5.74) is 1.09. The van der Waals surface area contributed by atoms with Crippen LogP contribution >= 0.6 is 0 Å². The molecule has 1 fully saturated rings. The Labute approximate surface area is 146 Å². The van der Waals surface area contributed by atoms with Gasteiger partial charge >= 0.3 is 0 Å². The van der Waals surface area contributed by atoms with Crippen LogP contribution in [-0.2, 0) is 6.42 Å². The van der Waals surface area contributed by atoms with Gasteiger partial charge in [-0.25, -0.2) is 8.78 Å². The predicted molar refractivity (Wildman–Crippen MR) is 94.7 cm³/mol. The van der Waals surface area contributed by atoms with E-state index in [0.29, 0.717) is 5.69 Å². The lowest BCUT2D eigenvalue weighted by atomic mass is 10.1. The molecule has 1 N–H and O–H groups in total. The first-order chi connectivity index (χ1) is 12.1. The number of piperidine rings is 1. The van der Waals surface area contributed by atoms with Gasteiger partial charge in [0.2, 0.25) is 0 Å². The lowest BCUT2D eigenvalue weighted by Gasteiger charge is -2.26. The molecule has 2 aromatic rings. The molecule has 0 aromatic heterocycles. The van der Waals surface area contributed by atoms with Crippen molar-refractivity contribution in [3.63, 3.8) is 0 Å². The third-order valence-electron chi connectivity index (χ3n) is 4.54. The molecule has 1 heterocycles. The molecule has 0 radical (unpaired) electrons. The number of rotatable bonds is 5. The molecule has 1 amide bonds. The van der Waals surface area contributed by atoms with Crippen LogP contribution in [0.2, 0.25) is 0 Å². The van der Waals surface area contributed by atoms with Crippen LogP contribution in [0.15, 0.2) is 42.5 Å². The maximum absolute atomic E-state index is 13.7. The van der Waals surface area contributed by atoms with E-state index < -0.39 is 23.1 Å². The van der Waals surface area contributed by atoms with Crippen molar-refractivity contribution >= 4 is 11.6 Å². The van der Waals surface area contributed by atoms with E-state index in [1.54, 1.807) is 6.07 Å². The van der Waals surface area contributed by atoms with Crippen LogP contribution in [0.25, 0.3) is 0 Å². The van der Waals surface area contributed by atoms with Crippen LogP contribution in [0.5, 0.6) is 0 Å². The third kappa shape index (κ3) is 4.63. The molecule has 1 aliphatic heterocycles. The van der Waals surface area contributed by atoms with E-state index in [1.807, 2.05) is 18.2 Å². The molecular weight excluding hydrogens is 322 g/mol. The van der Waals surface area contributed by atoms with Gasteiger partial charge in [-0.1, -0.05) is 24.6 Å². The minimum Gasteiger partial charge on any atom is -0.322 e. The van der Waals surface area contributed by atoms with Crippen LogP contribution in [0, 0.1) is 11.6 Å². The number of likely N-dealkylation sites (tertiary alicyclic amines) is 1. The number of hydrogen-bond acceptors (Lipinski definition) is 2. The van der Waals surface area contributed by atoms with Crippen molar-refractivity contribution < 1.29 is 13.6 Å². The summed E-state index contributed by atoms with van der Waals surface area (Å²) in [5, 5.41) is 2.59. The molecule has 0 saturated carbocycles. The van der Waals surface area contributed by atoms with E-state index in [2.05, 4.69) is 10.2 Å². The highest BCUT2D eigenvalue weighted by Crippen LogP contribution is 2.17. The largest absolute Gasteiger partial charge is 0.322 e. The van der Waals surface area contributed by atoms with Crippen LogP contribution in [0.1, 0.15) is 35.2 Å². The molecule has 1 aliphatic rings. The fourth-order valence-corrected chi connectivity index (χ4v) is 3.18. The zero-order valence-electron chi connectivity index (χ0n) is 14.1. The maximum atomic E-state index is 13.7. The van der Waals surface area contributed by atoms with Crippen LogP contribution in [0.3, 0.4) is 0 Å². The number of carbonyl (C=O) groups is 1. The van der Waals surface area contributed by atoms with Gasteiger partial charge in [-0.05, 0) is 62.2 Å². The molecule has 5 heteroatoms. The first kappa shape index (κ1) is 17.5. The molecule has 2 aromatic carbocycles. The van der Waals surface area contributed by atoms with Crippen molar-refractivity contribution in [2.24, 2.45) is 0 Å². The summed E-state index contributed by atoms with van der Waals surface area (Å²) < 4.78 is 27.4. The fraction of sp³-hybridized carbons (Fsp3) is 0.350. The smallest absolute Gasteiger partial charge is 0.261 e. The van der Waals surface area contributed by atoms with Crippen molar-refractivity contribution in [3.05, 3.63) is 65.2 Å². The Kier molecular flexibility index (Phi) is 5.76.